The Morgan fingerprint density at radius 2 is 2.00 bits per heavy atom. The predicted octanol–water partition coefficient (Wildman–Crippen LogP) is 1.95. The summed E-state index contributed by atoms with van der Waals surface area (Å²) in [4.78, 5) is 41.2. The number of aromatic amines is 2. The Bertz CT molecular complexity index is 1370. The van der Waals surface area contributed by atoms with Crippen molar-refractivity contribution in [2.24, 2.45) is 5.92 Å². The number of ketones is 2. The molecular formula is C23H24ClN6O5+. The van der Waals surface area contributed by atoms with Gasteiger partial charge in [0.25, 0.3) is 5.65 Å². The number of aromatic nitrogens is 4. The fraction of sp³-hybridized carbons (Fsp3) is 0.348. The van der Waals surface area contributed by atoms with Gasteiger partial charge >= 0.3 is 0 Å². The van der Waals surface area contributed by atoms with Gasteiger partial charge in [-0.2, -0.15) is 0 Å². The molecule has 0 fully saturated rings. The van der Waals surface area contributed by atoms with Gasteiger partial charge in [0.2, 0.25) is 29.3 Å². The zero-order valence-corrected chi connectivity index (χ0v) is 20.1. The van der Waals surface area contributed by atoms with Crippen LogP contribution in [-0.2, 0) is 4.79 Å². The molecule has 2 atom stereocenters. The fourth-order valence-electron chi connectivity index (χ4n) is 4.60. The van der Waals surface area contributed by atoms with Gasteiger partial charge in [-0.1, -0.05) is 23.5 Å². The highest BCUT2D eigenvalue weighted by Crippen LogP contribution is 2.52. The largest absolute Gasteiger partial charge is 0.496 e. The maximum atomic E-state index is 13.5. The van der Waals surface area contributed by atoms with E-state index in [1.54, 1.807) is 12.7 Å². The second-order valence-corrected chi connectivity index (χ2v) is 8.72. The van der Waals surface area contributed by atoms with E-state index in [4.69, 9.17) is 25.8 Å². The highest BCUT2D eigenvalue weighted by Gasteiger charge is 2.60. The summed E-state index contributed by atoms with van der Waals surface area (Å²) in [5, 5.41) is 6.68. The monoisotopic (exact) mass is 499 g/mol. The Morgan fingerprint density at radius 3 is 2.74 bits per heavy atom. The highest BCUT2D eigenvalue weighted by molar-refractivity contribution is 6.36. The summed E-state index contributed by atoms with van der Waals surface area (Å²) in [5.74, 6) is 0.0841. The van der Waals surface area contributed by atoms with Crippen molar-refractivity contribution in [1.82, 2.24) is 20.3 Å². The summed E-state index contributed by atoms with van der Waals surface area (Å²) in [6.45, 7) is 2.91. The molecule has 0 bridgehead atoms. The summed E-state index contributed by atoms with van der Waals surface area (Å²) in [5.41, 5.74) is 0.579. The molecule has 2 aliphatic rings. The van der Waals surface area contributed by atoms with Crippen LogP contribution in [0, 0.1) is 5.92 Å². The smallest absolute Gasteiger partial charge is 0.260 e. The topological polar surface area (TPSA) is 142 Å². The average Bonchev–Trinajstić information content (AvgIpc) is 3.45. The standard InChI is InChI=1S/C23H23ClN6O5/c1-11-6-12(25-4-5-26-21-18-22(28-9-27-18)30-10-29-21)7-15(31)23(11)20(32)16-13(33-2)8-14(34-3)17(24)19(16)35-23/h7-11,25H,4-6H2,1-3H3,(H2,26,27,28,29,30)/p+1/t11-,23+/m1/s1. The maximum absolute atomic E-state index is 13.5. The number of carbonyl (C=O) groups is 2. The van der Waals surface area contributed by atoms with Gasteiger partial charge in [0.1, 0.15) is 22.1 Å². The van der Waals surface area contributed by atoms with Crippen LogP contribution in [0.2, 0.25) is 5.02 Å². The zero-order chi connectivity index (χ0) is 24.7. The number of halogens is 1. The van der Waals surface area contributed by atoms with Gasteiger partial charge in [-0.05, 0) is 6.42 Å². The number of allylic oxidation sites excluding steroid dienone is 1. The van der Waals surface area contributed by atoms with Crippen molar-refractivity contribution < 1.29 is 28.8 Å². The van der Waals surface area contributed by atoms with Crippen LogP contribution in [0.1, 0.15) is 23.7 Å². The third kappa shape index (κ3) is 3.54. The van der Waals surface area contributed by atoms with E-state index in [9.17, 15) is 9.59 Å². The summed E-state index contributed by atoms with van der Waals surface area (Å²) in [7, 11) is 2.89. The summed E-state index contributed by atoms with van der Waals surface area (Å²) in [6, 6.07) is 1.52. The molecule has 35 heavy (non-hydrogen) atoms. The lowest BCUT2D eigenvalue weighted by atomic mass is 9.74. The number of hydrogen-bond donors (Lipinski definition) is 3. The van der Waals surface area contributed by atoms with Crippen LogP contribution < -0.4 is 29.8 Å². The molecule has 1 spiro atoms. The first-order chi connectivity index (χ1) is 16.9. The van der Waals surface area contributed by atoms with Crippen molar-refractivity contribution in [2.45, 2.75) is 18.9 Å². The Hall–Kier alpha value is -3.86. The van der Waals surface area contributed by atoms with Gasteiger partial charge in [0, 0.05) is 30.3 Å². The van der Waals surface area contributed by atoms with Crippen LogP contribution >= 0.6 is 11.6 Å². The van der Waals surface area contributed by atoms with Crippen LogP contribution in [0.4, 0.5) is 5.82 Å². The van der Waals surface area contributed by atoms with E-state index < -0.39 is 23.1 Å². The van der Waals surface area contributed by atoms with Crippen LogP contribution in [0.15, 0.2) is 30.5 Å². The third-order valence-corrected chi connectivity index (χ3v) is 6.71. The Morgan fingerprint density at radius 1 is 1.23 bits per heavy atom. The Balaban J connectivity index is 1.31. The average molecular weight is 500 g/mol. The number of Topliss-reactive ketones (excluding diaryl/α,β-unsaturated/α-hetero) is 1. The Kier molecular flexibility index (Phi) is 5.72. The second kappa shape index (κ2) is 8.73. The molecule has 0 amide bonds. The molecule has 0 saturated carbocycles. The number of carbonyl (C=O) groups excluding carboxylic acids is 2. The minimum Gasteiger partial charge on any atom is -0.496 e. The fourth-order valence-corrected chi connectivity index (χ4v) is 4.87. The van der Waals surface area contributed by atoms with E-state index in [1.807, 2.05) is 6.92 Å². The second-order valence-electron chi connectivity index (χ2n) is 8.34. The number of rotatable bonds is 7. The molecule has 182 valence electrons. The van der Waals surface area contributed by atoms with Gasteiger partial charge in [0.15, 0.2) is 11.3 Å². The molecule has 2 aromatic heterocycles. The van der Waals surface area contributed by atoms with Crippen molar-refractivity contribution >= 4 is 40.1 Å². The SMILES string of the molecule is COc1cc(OC)c2c(c1Cl)O[C@@]1(C(=O)C=C(NCCNc3[nH+]cnc4nc[nH]c34)C[C@H]1C)C2=O. The van der Waals surface area contributed by atoms with E-state index in [0.717, 1.165) is 17.0 Å². The van der Waals surface area contributed by atoms with E-state index >= 15 is 0 Å². The van der Waals surface area contributed by atoms with E-state index in [0.29, 0.717) is 30.9 Å². The molecule has 1 aromatic carbocycles. The number of benzene rings is 1. The quantitative estimate of drug-likeness (QED) is 0.328. The Labute approximate surface area is 205 Å². The summed E-state index contributed by atoms with van der Waals surface area (Å²) < 4.78 is 16.7. The molecule has 4 N–H and O–H groups in total. The van der Waals surface area contributed by atoms with Crippen LogP contribution in [0.5, 0.6) is 17.2 Å². The molecule has 11 nitrogen and oxygen atoms in total. The predicted molar refractivity (Wildman–Crippen MR) is 126 cm³/mol. The molecule has 0 unspecified atom stereocenters. The summed E-state index contributed by atoms with van der Waals surface area (Å²) in [6.07, 6.45) is 5.02. The molecule has 3 aromatic rings. The zero-order valence-electron chi connectivity index (χ0n) is 19.3. The van der Waals surface area contributed by atoms with Gasteiger partial charge in [0.05, 0.1) is 27.1 Å². The van der Waals surface area contributed by atoms with E-state index in [2.05, 4.69) is 30.6 Å². The molecule has 3 heterocycles. The first-order valence-electron chi connectivity index (χ1n) is 11.0. The van der Waals surface area contributed by atoms with Crippen molar-refractivity contribution in [3.05, 3.63) is 41.1 Å². The molecule has 0 radical (unpaired) electrons. The van der Waals surface area contributed by atoms with Crippen LogP contribution in [0.25, 0.3) is 11.2 Å². The van der Waals surface area contributed by atoms with Crippen molar-refractivity contribution in [3.63, 3.8) is 0 Å². The lowest BCUT2D eigenvalue weighted by Crippen LogP contribution is -2.55. The first-order valence-corrected chi connectivity index (χ1v) is 11.4. The normalized spacial score (nSPS) is 21.0. The molecule has 1 aliphatic carbocycles. The molecule has 1 aliphatic heterocycles. The number of anilines is 1. The van der Waals surface area contributed by atoms with Crippen molar-refractivity contribution in [2.75, 3.05) is 32.6 Å². The van der Waals surface area contributed by atoms with E-state index in [1.165, 1.54) is 26.4 Å². The van der Waals surface area contributed by atoms with Crippen LogP contribution in [0.3, 0.4) is 0 Å². The third-order valence-electron chi connectivity index (χ3n) is 6.35. The lowest BCUT2D eigenvalue weighted by Gasteiger charge is -2.35. The number of methoxy groups -OCH3 is 2. The number of H-pyrrole nitrogens is 2. The van der Waals surface area contributed by atoms with E-state index in [-0.39, 0.29) is 22.1 Å². The lowest BCUT2D eigenvalue weighted by molar-refractivity contribution is -0.364. The molecular weight excluding hydrogens is 476 g/mol. The molecule has 12 heteroatoms. The number of hydrogen-bond acceptors (Lipinski definition) is 9. The van der Waals surface area contributed by atoms with Gasteiger partial charge in [-0.15, -0.1) is 0 Å². The maximum Gasteiger partial charge on any atom is 0.260 e. The number of nitrogens with one attached hydrogen (secondary N) is 4. The number of imidazole rings is 1. The summed E-state index contributed by atoms with van der Waals surface area (Å²) >= 11 is 6.42. The number of fused-ring (bicyclic) bond motifs is 2. The van der Waals surface area contributed by atoms with Gasteiger partial charge < -0.3 is 29.8 Å². The molecule has 5 rings (SSSR count). The highest BCUT2D eigenvalue weighted by atomic mass is 35.5. The van der Waals surface area contributed by atoms with Crippen molar-refractivity contribution in [1.29, 1.82) is 0 Å². The van der Waals surface area contributed by atoms with Gasteiger partial charge in [-0.25, -0.2) is 9.97 Å². The minimum absolute atomic E-state index is 0.112. The molecule has 0 saturated heterocycles. The van der Waals surface area contributed by atoms with Gasteiger partial charge in [-0.3, -0.25) is 9.59 Å². The minimum atomic E-state index is -1.69. The number of nitrogens with zero attached hydrogens (tertiary/aromatic N) is 2. The number of ether oxygens (including phenoxy) is 3. The first kappa shape index (κ1) is 22.9. The van der Waals surface area contributed by atoms with Crippen LogP contribution in [-0.4, -0.2) is 59.4 Å². The van der Waals surface area contributed by atoms with Crippen molar-refractivity contribution in [3.8, 4) is 17.2 Å².